The standard InChI is InChI=1S/C13H16F2N2O2/c14-10-4-2-1-3-9(10)11(18)7-17-12(19)13(15)5-6-16-8-13/h1-4,11,16,18H,5-8H2,(H,17,19)/t11-,13-/m1/s1. The highest BCUT2D eigenvalue weighted by atomic mass is 19.1. The molecule has 2 rings (SSSR count). The van der Waals surface area contributed by atoms with Gasteiger partial charge in [0, 0.05) is 25.1 Å². The van der Waals surface area contributed by atoms with Gasteiger partial charge in [0.25, 0.3) is 5.91 Å². The Morgan fingerprint density at radius 1 is 1.53 bits per heavy atom. The van der Waals surface area contributed by atoms with E-state index < -0.39 is 23.5 Å². The van der Waals surface area contributed by atoms with Crippen molar-refractivity contribution in [3.8, 4) is 0 Å². The van der Waals surface area contributed by atoms with Crippen molar-refractivity contribution < 1.29 is 18.7 Å². The van der Waals surface area contributed by atoms with Crippen molar-refractivity contribution in [3.05, 3.63) is 35.6 Å². The minimum atomic E-state index is -1.94. The van der Waals surface area contributed by atoms with E-state index >= 15 is 0 Å². The Bertz CT molecular complexity index is 462. The Morgan fingerprint density at radius 2 is 2.26 bits per heavy atom. The molecule has 0 saturated carbocycles. The summed E-state index contributed by atoms with van der Waals surface area (Å²) in [6.45, 7) is 0.194. The number of nitrogens with one attached hydrogen (secondary N) is 2. The van der Waals surface area contributed by atoms with Gasteiger partial charge in [0.1, 0.15) is 5.82 Å². The molecule has 1 aliphatic rings. The van der Waals surface area contributed by atoms with Crippen molar-refractivity contribution in [3.63, 3.8) is 0 Å². The van der Waals surface area contributed by atoms with Gasteiger partial charge in [-0.25, -0.2) is 8.78 Å². The predicted molar refractivity (Wildman–Crippen MR) is 65.7 cm³/mol. The fraction of sp³-hybridized carbons (Fsp3) is 0.462. The normalized spacial score (nSPS) is 24.2. The van der Waals surface area contributed by atoms with Crippen LogP contribution in [0.2, 0.25) is 0 Å². The van der Waals surface area contributed by atoms with Crippen LogP contribution in [0.3, 0.4) is 0 Å². The molecule has 1 aliphatic heterocycles. The van der Waals surface area contributed by atoms with E-state index in [1.54, 1.807) is 6.07 Å². The van der Waals surface area contributed by atoms with Crippen molar-refractivity contribution in [2.45, 2.75) is 18.2 Å². The quantitative estimate of drug-likeness (QED) is 0.754. The van der Waals surface area contributed by atoms with Crippen LogP contribution in [0.5, 0.6) is 0 Å². The van der Waals surface area contributed by atoms with Gasteiger partial charge in [0.05, 0.1) is 6.10 Å². The van der Waals surface area contributed by atoms with Gasteiger partial charge in [0.15, 0.2) is 0 Å². The fourth-order valence-electron chi connectivity index (χ4n) is 2.06. The van der Waals surface area contributed by atoms with Crippen molar-refractivity contribution >= 4 is 5.91 Å². The first-order valence-electron chi connectivity index (χ1n) is 6.13. The maximum absolute atomic E-state index is 14.0. The molecule has 0 bridgehead atoms. The number of halogens is 2. The molecule has 1 aromatic carbocycles. The maximum atomic E-state index is 14.0. The molecule has 6 heteroatoms. The fourth-order valence-corrected chi connectivity index (χ4v) is 2.06. The average molecular weight is 270 g/mol. The van der Waals surface area contributed by atoms with E-state index in [1.807, 2.05) is 0 Å². The predicted octanol–water partition coefficient (Wildman–Crippen LogP) is 0.677. The largest absolute Gasteiger partial charge is 0.386 e. The van der Waals surface area contributed by atoms with Gasteiger partial charge in [-0.3, -0.25) is 4.79 Å². The van der Waals surface area contributed by atoms with E-state index in [9.17, 15) is 18.7 Å². The zero-order valence-electron chi connectivity index (χ0n) is 10.3. The van der Waals surface area contributed by atoms with Crippen molar-refractivity contribution in [2.24, 2.45) is 0 Å². The summed E-state index contributed by atoms with van der Waals surface area (Å²) in [5, 5.41) is 14.9. The lowest BCUT2D eigenvalue weighted by Crippen LogP contribution is -2.46. The first-order chi connectivity index (χ1) is 9.03. The number of carbonyl (C=O) groups is 1. The molecule has 0 aliphatic carbocycles. The van der Waals surface area contributed by atoms with Crippen LogP contribution in [0.4, 0.5) is 8.78 Å². The van der Waals surface area contributed by atoms with E-state index in [4.69, 9.17) is 0 Å². The summed E-state index contributed by atoms with van der Waals surface area (Å²) in [6, 6.07) is 5.73. The number of amides is 1. The third-order valence-corrected chi connectivity index (χ3v) is 3.23. The first-order valence-corrected chi connectivity index (χ1v) is 6.13. The topological polar surface area (TPSA) is 61.4 Å². The summed E-state index contributed by atoms with van der Waals surface area (Å²) in [4.78, 5) is 11.7. The molecule has 1 saturated heterocycles. The van der Waals surface area contributed by atoms with Crippen molar-refractivity contribution in [1.82, 2.24) is 10.6 Å². The van der Waals surface area contributed by atoms with Crippen LogP contribution in [-0.2, 0) is 4.79 Å². The lowest BCUT2D eigenvalue weighted by atomic mass is 10.0. The molecular weight excluding hydrogens is 254 g/mol. The number of benzene rings is 1. The molecule has 1 heterocycles. The number of carbonyl (C=O) groups excluding carboxylic acids is 1. The van der Waals surface area contributed by atoms with Crippen LogP contribution in [0.1, 0.15) is 18.1 Å². The SMILES string of the molecule is O=C(NC[C@@H](O)c1ccccc1F)[C@@]1(F)CCNC1. The summed E-state index contributed by atoms with van der Waals surface area (Å²) >= 11 is 0. The second-order valence-electron chi connectivity index (χ2n) is 4.64. The Labute approximate surface area is 109 Å². The third-order valence-electron chi connectivity index (χ3n) is 3.23. The molecular formula is C13H16F2N2O2. The number of hydrogen-bond donors (Lipinski definition) is 3. The molecule has 4 nitrogen and oxygen atoms in total. The second kappa shape index (κ2) is 5.63. The highest BCUT2D eigenvalue weighted by Gasteiger charge is 2.41. The van der Waals surface area contributed by atoms with Crippen molar-refractivity contribution in [2.75, 3.05) is 19.6 Å². The van der Waals surface area contributed by atoms with E-state index in [2.05, 4.69) is 10.6 Å². The second-order valence-corrected chi connectivity index (χ2v) is 4.64. The van der Waals surface area contributed by atoms with Gasteiger partial charge in [0.2, 0.25) is 5.67 Å². The summed E-state index contributed by atoms with van der Waals surface area (Å²) in [7, 11) is 0. The molecule has 104 valence electrons. The van der Waals surface area contributed by atoms with E-state index in [0.717, 1.165) is 0 Å². The zero-order valence-corrected chi connectivity index (χ0v) is 10.3. The number of aliphatic hydroxyl groups is 1. The van der Waals surface area contributed by atoms with Crippen LogP contribution in [-0.4, -0.2) is 36.3 Å². The minimum absolute atomic E-state index is 0.0331. The Balaban J connectivity index is 1.92. The van der Waals surface area contributed by atoms with Gasteiger partial charge >= 0.3 is 0 Å². The smallest absolute Gasteiger partial charge is 0.259 e. The highest BCUT2D eigenvalue weighted by molar-refractivity contribution is 5.85. The number of alkyl halides is 1. The number of hydrogen-bond acceptors (Lipinski definition) is 3. The van der Waals surface area contributed by atoms with E-state index in [-0.39, 0.29) is 25.1 Å². The van der Waals surface area contributed by atoms with Gasteiger partial charge in [-0.1, -0.05) is 18.2 Å². The molecule has 1 amide bonds. The summed E-state index contributed by atoms with van der Waals surface area (Å²) < 4.78 is 27.4. The van der Waals surface area contributed by atoms with Gasteiger partial charge in [-0.2, -0.15) is 0 Å². The van der Waals surface area contributed by atoms with Crippen LogP contribution in [0.15, 0.2) is 24.3 Å². The number of rotatable bonds is 4. The minimum Gasteiger partial charge on any atom is -0.386 e. The Hall–Kier alpha value is -1.53. The molecule has 0 radical (unpaired) electrons. The molecule has 0 unspecified atom stereocenters. The van der Waals surface area contributed by atoms with Gasteiger partial charge < -0.3 is 15.7 Å². The Kier molecular flexibility index (Phi) is 4.11. The van der Waals surface area contributed by atoms with Gasteiger partial charge in [-0.05, 0) is 12.6 Å². The van der Waals surface area contributed by atoms with Crippen LogP contribution < -0.4 is 10.6 Å². The lowest BCUT2D eigenvalue weighted by Gasteiger charge is -2.19. The molecule has 1 aromatic rings. The first kappa shape index (κ1) is 13.9. The van der Waals surface area contributed by atoms with Crippen LogP contribution in [0, 0.1) is 5.82 Å². The van der Waals surface area contributed by atoms with Gasteiger partial charge in [-0.15, -0.1) is 0 Å². The highest BCUT2D eigenvalue weighted by Crippen LogP contribution is 2.21. The molecule has 0 aromatic heterocycles. The summed E-state index contributed by atoms with van der Waals surface area (Å²) in [5.74, 6) is -1.32. The molecule has 19 heavy (non-hydrogen) atoms. The zero-order chi connectivity index (χ0) is 13.9. The molecule has 0 spiro atoms. The average Bonchev–Trinajstić information content (AvgIpc) is 2.84. The third kappa shape index (κ3) is 3.08. The summed E-state index contributed by atoms with van der Waals surface area (Å²) in [5.41, 5.74) is -1.85. The lowest BCUT2D eigenvalue weighted by molar-refractivity contribution is -0.132. The Morgan fingerprint density at radius 3 is 2.89 bits per heavy atom. The van der Waals surface area contributed by atoms with Crippen LogP contribution in [0.25, 0.3) is 0 Å². The number of aliphatic hydroxyl groups excluding tert-OH is 1. The van der Waals surface area contributed by atoms with Crippen molar-refractivity contribution in [1.29, 1.82) is 0 Å². The monoisotopic (exact) mass is 270 g/mol. The molecule has 1 fully saturated rings. The summed E-state index contributed by atoms with van der Waals surface area (Å²) in [6.07, 6.45) is -1.09. The maximum Gasteiger partial charge on any atom is 0.259 e. The van der Waals surface area contributed by atoms with E-state index in [0.29, 0.717) is 6.54 Å². The van der Waals surface area contributed by atoms with E-state index in [1.165, 1.54) is 18.2 Å². The van der Waals surface area contributed by atoms with Crippen LogP contribution >= 0.6 is 0 Å². The molecule has 2 atom stereocenters. The molecule has 3 N–H and O–H groups in total.